The van der Waals surface area contributed by atoms with E-state index in [1.165, 1.54) is 0 Å². The molecule has 1 aromatic carbocycles. The second-order valence-electron chi connectivity index (χ2n) is 8.04. The molecular weight excluding hydrogens is 368 g/mol. The number of aromatic hydroxyl groups is 1. The highest BCUT2D eigenvalue weighted by Crippen LogP contribution is 2.42. The molecule has 2 aromatic heterocycles. The normalized spacial score (nSPS) is 19.7. The second kappa shape index (κ2) is 6.95. The highest BCUT2D eigenvalue weighted by atomic mass is 32.1. The minimum atomic E-state index is -0.0710. The average molecular weight is 393 g/mol. The third-order valence-electron chi connectivity index (χ3n) is 5.06. The van der Waals surface area contributed by atoms with Gasteiger partial charge in [-0.25, -0.2) is 0 Å². The van der Waals surface area contributed by atoms with Crippen LogP contribution in [-0.2, 0) is 5.54 Å². The highest BCUT2D eigenvalue weighted by Gasteiger charge is 2.41. The molecule has 144 valence electrons. The summed E-state index contributed by atoms with van der Waals surface area (Å²) in [5.74, 6) is 0.235. The van der Waals surface area contributed by atoms with E-state index in [0.29, 0.717) is 5.11 Å². The molecule has 6 heteroatoms. The molecule has 0 spiro atoms. The summed E-state index contributed by atoms with van der Waals surface area (Å²) >= 11 is 5.71. The molecule has 0 aliphatic carbocycles. The van der Waals surface area contributed by atoms with Gasteiger partial charge in [-0.1, -0.05) is 6.07 Å². The summed E-state index contributed by atoms with van der Waals surface area (Å²) in [6, 6.07) is 15.1. The van der Waals surface area contributed by atoms with Gasteiger partial charge in [-0.2, -0.15) is 0 Å². The molecule has 4 rings (SSSR count). The van der Waals surface area contributed by atoms with Crippen molar-refractivity contribution in [1.29, 1.82) is 0 Å². The molecule has 0 bridgehead atoms. The van der Waals surface area contributed by atoms with Crippen molar-refractivity contribution >= 4 is 23.0 Å². The lowest BCUT2D eigenvalue weighted by atomic mass is 9.98. The van der Waals surface area contributed by atoms with Crippen molar-refractivity contribution in [3.63, 3.8) is 0 Å². The molecule has 3 heterocycles. The van der Waals surface area contributed by atoms with Gasteiger partial charge in [-0.3, -0.25) is 4.98 Å². The maximum Gasteiger partial charge on any atom is 0.174 e. The van der Waals surface area contributed by atoms with Crippen LogP contribution in [0.2, 0.25) is 0 Å². The summed E-state index contributed by atoms with van der Waals surface area (Å²) in [7, 11) is 0. The fourth-order valence-corrected chi connectivity index (χ4v) is 3.94. The van der Waals surface area contributed by atoms with Crippen molar-refractivity contribution in [2.45, 2.75) is 38.4 Å². The van der Waals surface area contributed by atoms with Crippen LogP contribution in [0, 0.1) is 0 Å². The topological polar surface area (TPSA) is 53.3 Å². The van der Waals surface area contributed by atoms with E-state index in [-0.39, 0.29) is 23.4 Å². The molecule has 0 radical (unpaired) electrons. The van der Waals surface area contributed by atoms with Crippen LogP contribution in [0.4, 0.5) is 5.69 Å². The van der Waals surface area contributed by atoms with E-state index in [2.05, 4.69) is 59.0 Å². The molecule has 1 fully saturated rings. The van der Waals surface area contributed by atoms with Gasteiger partial charge in [0.05, 0.1) is 17.8 Å². The van der Waals surface area contributed by atoms with E-state index < -0.39 is 0 Å². The zero-order valence-electron chi connectivity index (χ0n) is 16.2. The van der Waals surface area contributed by atoms with Gasteiger partial charge in [0.1, 0.15) is 5.75 Å². The van der Waals surface area contributed by atoms with E-state index in [1.807, 2.05) is 30.3 Å². The van der Waals surface area contributed by atoms with Gasteiger partial charge < -0.3 is 19.9 Å². The zero-order valence-corrected chi connectivity index (χ0v) is 17.0. The predicted molar refractivity (Wildman–Crippen MR) is 115 cm³/mol. The van der Waals surface area contributed by atoms with Crippen molar-refractivity contribution in [3.05, 3.63) is 78.4 Å². The molecule has 5 nitrogen and oxygen atoms in total. The number of aromatic nitrogens is 2. The van der Waals surface area contributed by atoms with Crippen LogP contribution in [0.5, 0.6) is 5.75 Å². The fourth-order valence-electron chi connectivity index (χ4n) is 3.59. The van der Waals surface area contributed by atoms with Gasteiger partial charge in [0.25, 0.3) is 0 Å². The van der Waals surface area contributed by atoms with E-state index in [0.717, 1.165) is 16.9 Å². The third-order valence-corrected chi connectivity index (χ3v) is 5.37. The summed E-state index contributed by atoms with van der Waals surface area (Å²) in [6.45, 7) is 6.55. The number of thiocarbonyl (C=S) groups is 1. The van der Waals surface area contributed by atoms with E-state index >= 15 is 0 Å². The average Bonchev–Trinajstić information content (AvgIpc) is 3.28. The Kier molecular flexibility index (Phi) is 4.59. The van der Waals surface area contributed by atoms with Crippen LogP contribution >= 0.6 is 12.2 Å². The van der Waals surface area contributed by atoms with Crippen LogP contribution < -0.4 is 10.2 Å². The lowest BCUT2D eigenvalue weighted by Crippen LogP contribution is -2.29. The maximum absolute atomic E-state index is 9.69. The summed E-state index contributed by atoms with van der Waals surface area (Å²) in [6.07, 6.45) is 6.10. The number of anilines is 1. The number of hydrogen-bond acceptors (Lipinski definition) is 3. The Bertz CT molecular complexity index is 976. The van der Waals surface area contributed by atoms with Gasteiger partial charge in [0.15, 0.2) is 5.11 Å². The van der Waals surface area contributed by atoms with Crippen molar-refractivity contribution in [1.82, 2.24) is 14.9 Å². The second-order valence-corrected chi connectivity index (χ2v) is 8.42. The predicted octanol–water partition coefficient (Wildman–Crippen LogP) is 4.52. The van der Waals surface area contributed by atoms with Gasteiger partial charge in [-0.05, 0) is 81.0 Å². The molecule has 1 aliphatic heterocycles. The van der Waals surface area contributed by atoms with Crippen molar-refractivity contribution in [3.8, 4) is 5.75 Å². The molecule has 28 heavy (non-hydrogen) atoms. The third kappa shape index (κ3) is 3.36. The van der Waals surface area contributed by atoms with Crippen LogP contribution in [0.25, 0.3) is 0 Å². The number of hydrogen-bond donors (Lipinski definition) is 2. The quantitative estimate of drug-likeness (QED) is 0.642. The van der Waals surface area contributed by atoms with Crippen LogP contribution in [-0.4, -0.2) is 19.8 Å². The zero-order chi connectivity index (χ0) is 19.9. The highest BCUT2D eigenvalue weighted by molar-refractivity contribution is 7.80. The van der Waals surface area contributed by atoms with Gasteiger partial charge in [0, 0.05) is 29.8 Å². The van der Waals surface area contributed by atoms with Crippen LogP contribution in [0.15, 0.2) is 67.1 Å². The molecule has 3 aromatic rings. The van der Waals surface area contributed by atoms with E-state index in [1.54, 1.807) is 18.3 Å². The number of nitrogens with zero attached hydrogens (tertiary/aromatic N) is 3. The number of phenols is 1. The summed E-state index contributed by atoms with van der Waals surface area (Å²) in [4.78, 5) is 6.68. The summed E-state index contributed by atoms with van der Waals surface area (Å²) in [5, 5.41) is 13.8. The van der Waals surface area contributed by atoms with E-state index in [4.69, 9.17) is 12.2 Å². The minimum Gasteiger partial charge on any atom is -0.508 e. The molecule has 2 atom stereocenters. The molecule has 2 N–H and O–H groups in total. The maximum atomic E-state index is 9.69. The molecule has 0 amide bonds. The van der Waals surface area contributed by atoms with Gasteiger partial charge >= 0.3 is 0 Å². The number of pyridine rings is 1. The van der Waals surface area contributed by atoms with Crippen molar-refractivity contribution < 1.29 is 5.11 Å². The van der Waals surface area contributed by atoms with Crippen LogP contribution in [0.1, 0.15) is 44.1 Å². The lowest BCUT2D eigenvalue weighted by molar-refractivity contribution is 0.397. The minimum absolute atomic E-state index is 0.00531. The Balaban J connectivity index is 1.81. The van der Waals surface area contributed by atoms with Gasteiger partial charge in [-0.15, -0.1) is 0 Å². The SMILES string of the molecule is CC(C)(C)n1ccc([C@H]2[C@@H](c3ccccn3)NC(=S)N2c2ccc(O)cc2)c1. The van der Waals surface area contributed by atoms with Crippen molar-refractivity contribution in [2.75, 3.05) is 4.90 Å². The fraction of sp³-hybridized carbons (Fsp3) is 0.273. The number of nitrogens with one attached hydrogen (secondary N) is 1. The summed E-state index contributed by atoms with van der Waals surface area (Å²) in [5.41, 5.74) is 3.03. The molecule has 1 aliphatic rings. The Labute approximate surface area is 170 Å². The molecular formula is C22H24N4OS. The Morgan fingerprint density at radius 3 is 2.43 bits per heavy atom. The first-order valence-corrected chi connectivity index (χ1v) is 9.73. The first-order valence-electron chi connectivity index (χ1n) is 9.33. The first-order chi connectivity index (χ1) is 13.3. The smallest absolute Gasteiger partial charge is 0.174 e. The number of phenolic OH excluding ortho intramolecular Hbond substituents is 1. The first kappa shape index (κ1) is 18.5. The number of benzene rings is 1. The van der Waals surface area contributed by atoms with Crippen LogP contribution in [0.3, 0.4) is 0 Å². The lowest BCUT2D eigenvalue weighted by Gasteiger charge is -2.28. The van der Waals surface area contributed by atoms with E-state index in [9.17, 15) is 5.11 Å². The van der Waals surface area contributed by atoms with Gasteiger partial charge in [0.2, 0.25) is 0 Å². The molecule has 0 unspecified atom stereocenters. The Morgan fingerprint density at radius 2 is 1.82 bits per heavy atom. The standard InChI is InChI=1S/C22H24N4OS/c1-22(2,3)25-13-11-15(14-25)20-19(18-6-4-5-12-23-18)24-21(28)26(20)16-7-9-17(27)10-8-16/h4-14,19-20,27H,1-3H3,(H,24,28)/t19-,20+/m1/s1. The monoisotopic (exact) mass is 392 g/mol. The Hall–Kier alpha value is -2.86. The summed E-state index contributed by atoms with van der Waals surface area (Å²) < 4.78 is 2.22. The Morgan fingerprint density at radius 1 is 1.07 bits per heavy atom. The molecule has 1 saturated heterocycles. The largest absolute Gasteiger partial charge is 0.508 e. The van der Waals surface area contributed by atoms with Crippen molar-refractivity contribution in [2.24, 2.45) is 0 Å². The number of rotatable bonds is 3. The molecule has 0 saturated carbocycles.